The van der Waals surface area contributed by atoms with Gasteiger partial charge in [-0.1, -0.05) is 13.0 Å². The molecule has 1 amide bonds. The van der Waals surface area contributed by atoms with Gasteiger partial charge in [0.15, 0.2) is 0 Å². The normalized spacial score (nSPS) is 21.5. The second kappa shape index (κ2) is 10.4. The summed E-state index contributed by atoms with van der Waals surface area (Å²) < 4.78 is 0. The molecule has 4 heterocycles. The molecule has 1 N–H and O–H groups in total. The number of hydrogen-bond acceptors (Lipinski definition) is 6. The SMILES string of the molecule is CC1CN(c2cc(NC(=O)c3ccccn3)ccn2)CCN(C2CCN(C(C)C)CC2)C1. The monoisotopic (exact) mass is 436 g/mol. The van der Waals surface area contributed by atoms with Gasteiger partial charge in [0, 0.05) is 62.4 Å². The highest BCUT2D eigenvalue weighted by Gasteiger charge is 2.29. The number of likely N-dealkylation sites (tertiary alicyclic amines) is 1. The van der Waals surface area contributed by atoms with Crippen LogP contribution < -0.4 is 10.2 Å². The lowest BCUT2D eigenvalue weighted by molar-refractivity contribution is 0.0901. The van der Waals surface area contributed by atoms with E-state index in [9.17, 15) is 4.79 Å². The minimum atomic E-state index is -0.203. The van der Waals surface area contributed by atoms with E-state index in [2.05, 4.69) is 50.8 Å². The summed E-state index contributed by atoms with van der Waals surface area (Å²) >= 11 is 0. The third-order valence-electron chi connectivity index (χ3n) is 6.71. The molecule has 2 aliphatic heterocycles. The van der Waals surface area contributed by atoms with E-state index < -0.39 is 0 Å². The molecule has 0 aromatic carbocycles. The van der Waals surface area contributed by atoms with Crippen LogP contribution in [0, 0.1) is 5.92 Å². The molecule has 0 aliphatic carbocycles. The fourth-order valence-electron chi connectivity index (χ4n) is 4.93. The zero-order valence-corrected chi connectivity index (χ0v) is 19.6. The van der Waals surface area contributed by atoms with Crippen molar-refractivity contribution in [2.45, 2.75) is 45.7 Å². The first kappa shape index (κ1) is 22.7. The molecule has 0 bridgehead atoms. The Labute approximate surface area is 191 Å². The summed E-state index contributed by atoms with van der Waals surface area (Å²) in [5.74, 6) is 1.28. The second-order valence-electron chi connectivity index (χ2n) is 9.48. The Balaban J connectivity index is 1.38. The Hall–Kier alpha value is -2.51. The van der Waals surface area contributed by atoms with Crippen LogP contribution in [0.15, 0.2) is 42.7 Å². The largest absolute Gasteiger partial charge is 0.355 e. The van der Waals surface area contributed by atoms with Gasteiger partial charge in [0.1, 0.15) is 11.5 Å². The fraction of sp³-hybridized carbons (Fsp3) is 0.560. The molecule has 0 spiro atoms. The molecule has 7 nitrogen and oxygen atoms in total. The number of rotatable bonds is 5. The maximum atomic E-state index is 12.5. The molecule has 2 aliphatic rings. The first-order valence-corrected chi connectivity index (χ1v) is 11.9. The Kier molecular flexibility index (Phi) is 7.37. The van der Waals surface area contributed by atoms with Crippen LogP contribution in [0.5, 0.6) is 0 Å². The van der Waals surface area contributed by atoms with E-state index in [4.69, 9.17) is 0 Å². The molecule has 2 aromatic heterocycles. The van der Waals surface area contributed by atoms with Crippen LogP contribution in [-0.2, 0) is 0 Å². The van der Waals surface area contributed by atoms with Crippen LogP contribution in [0.1, 0.15) is 44.1 Å². The molecule has 32 heavy (non-hydrogen) atoms. The maximum Gasteiger partial charge on any atom is 0.274 e. The van der Waals surface area contributed by atoms with E-state index in [0.717, 1.165) is 37.7 Å². The van der Waals surface area contributed by atoms with Crippen molar-refractivity contribution in [1.29, 1.82) is 0 Å². The van der Waals surface area contributed by atoms with Crippen LogP contribution in [0.4, 0.5) is 11.5 Å². The van der Waals surface area contributed by atoms with E-state index >= 15 is 0 Å². The van der Waals surface area contributed by atoms with Gasteiger partial charge in [-0.25, -0.2) is 4.98 Å². The summed E-state index contributed by atoms with van der Waals surface area (Å²) in [7, 11) is 0. The van der Waals surface area contributed by atoms with Gasteiger partial charge in [-0.2, -0.15) is 0 Å². The molecule has 172 valence electrons. The molecule has 0 radical (unpaired) electrons. The minimum absolute atomic E-state index is 0.203. The minimum Gasteiger partial charge on any atom is -0.355 e. The average molecular weight is 437 g/mol. The number of amides is 1. The molecule has 7 heteroatoms. The number of nitrogens with zero attached hydrogens (tertiary/aromatic N) is 5. The number of carbonyl (C=O) groups is 1. The standard InChI is InChI=1S/C25H36N6O/c1-19(2)29-12-8-22(9-13-29)30-14-15-31(18-20(3)17-30)24-16-21(7-11-27-24)28-25(32)23-6-4-5-10-26-23/h4-7,10-11,16,19-20,22H,8-9,12-15,17-18H2,1-3H3,(H,27,28,32). The van der Waals surface area contributed by atoms with E-state index in [1.54, 1.807) is 24.5 Å². The third-order valence-corrected chi connectivity index (χ3v) is 6.71. The molecular formula is C25H36N6O. The number of anilines is 2. The van der Waals surface area contributed by atoms with Gasteiger partial charge in [0.25, 0.3) is 5.91 Å². The van der Waals surface area contributed by atoms with Crippen molar-refractivity contribution < 1.29 is 4.79 Å². The summed E-state index contributed by atoms with van der Waals surface area (Å²) in [6.07, 6.45) is 5.93. The van der Waals surface area contributed by atoms with E-state index in [0.29, 0.717) is 23.7 Å². The first-order valence-electron chi connectivity index (χ1n) is 11.9. The molecule has 2 aromatic rings. The highest BCUT2D eigenvalue weighted by Crippen LogP contribution is 2.24. The summed E-state index contributed by atoms with van der Waals surface area (Å²) in [5.41, 5.74) is 1.16. The Morgan fingerprint density at radius 1 is 1.03 bits per heavy atom. The lowest BCUT2D eigenvalue weighted by atomic mass is 10.0. The predicted octanol–water partition coefficient (Wildman–Crippen LogP) is 3.36. The van der Waals surface area contributed by atoms with Gasteiger partial charge in [-0.05, 0) is 63.9 Å². The zero-order valence-electron chi connectivity index (χ0n) is 19.6. The van der Waals surface area contributed by atoms with E-state index in [1.807, 2.05) is 18.2 Å². The highest BCUT2D eigenvalue weighted by molar-refractivity contribution is 6.02. The Bertz CT molecular complexity index is 881. The molecule has 0 saturated carbocycles. The van der Waals surface area contributed by atoms with Crippen molar-refractivity contribution in [2.24, 2.45) is 5.92 Å². The number of carbonyl (C=O) groups excluding carboxylic acids is 1. The van der Waals surface area contributed by atoms with E-state index in [1.165, 1.54) is 25.9 Å². The lowest BCUT2D eigenvalue weighted by Gasteiger charge is -2.40. The van der Waals surface area contributed by atoms with Crippen LogP contribution in [0.3, 0.4) is 0 Å². The molecule has 4 rings (SSSR count). The molecule has 1 atom stereocenters. The quantitative estimate of drug-likeness (QED) is 0.775. The molecule has 2 fully saturated rings. The average Bonchev–Trinajstić information content (AvgIpc) is 3.01. The zero-order chi connectivity index (χ0) is 22.5. The van der Waals surface area contributed by atoms with Gasteiger partial charge in [0.05, 0.1) is 0 Å². The summed E-state index contributed by atoms with van der Waals surface area (Å²) in [6.45, 7) is 13.5. The Morgan fingerprint density at radius 3 is 2.56 bits per heavy atom. The lowest BCUT2D eigenvalue weighted by Crippen LogP contribution is -2.48. The third kappa shape index (κ3) is 5.64. The van der Waals surface area contributed by atoms with Gasteiger partial charge in [0.2, 0.25) is 0 Å². The van der Waals surface area contributed by atoms with E-state index in [-0.39, 0.29) is 5.91 Å². The van der Waals surface area contributed by atoms with Crippen LogP contribution in [0.25, 0.3) is 0 Å². The van der Waals surface area contributed by atoms with Crippen molar-refractivity contribution >= 4 is 17.4 Å². The number of pyridine rings is 2. The summed E-state index contributed by atoms with van der Waals surface area (Å²) in [5, 5.41) is 2.96. The van der Waals surface area contributed by atoms with Crippen molar-refractivity contribution in [3.8, 4) is 0 Å². The fourth-order valence-corrected chi connectivity index (χ4v) is 4.93. The van der Waals surface area contributed by atoms with Gasteiger partial charge in [-0.15, -0.1) is 0 Å². The van der Waals surface area contributed by atoms with Crippen LogP contribution in [-0.4, -0.2) is 77.0 Å². The van der Waals surface area contributed by atoms with Gasteiger partial charge in [-0.3, -0.25) is 14.7 Å². The number of aromatic nitrogens is 2. The number of hydrogen-bond donors (Lipinski definition) is 1. The molecule has 1 unspecified atom stereocenters. The van der Waals surface area contributed by atoms with Crippen LogP contribution >= 0.6 is 0 Å². The second-order valence-corrected chi connectivity index (χ2v) is 9.48. The molecule has 2 saturated heterocycles. The van der Waals surface area contributed by atoms with Crippen molar-refractivity contribution in [1.82, 2.24) is 19.8 Å². The van der Waals surface area contributed by atoms with Crippen LogP contribution in [0.2, 0.25) is 0 Å². The topological polar surface area (TPSA) is 64.6 Å². The van der Waals surface area contributed by atoms with Gasteiger partial charge >= 0.3 is 0 Å². The predicted molar refractivity (Wildman–Crippen MR) is 129 cm³/mol. The molecular weight excluding hydrogens is 400 g/mol. The van der Waals surface area contributed by atoms with Crippen molar-refractivity contribution in [3.05, 3.63) is 48.4 Å². The smallest absolute Gasteiger partial charge is 0.274 e. The summed E-state index contributed by atoms with van der Waals surface area (Å²) in [4.78, 5) is 28.9. The number of piperidine rings is 1. The van der Waals surface area contributed by atoms with Gasteiger partial charge < -0.3 is 15.1 Å². The highest BCUT2D eigenvalue weighted by atomic mass is 16.1. The number of nitrogens with one attached hydrogen (secondary N) is 1. The Morgan fingerprint density at radius 2 is 1.84 bits per heavy atom. The van der Waals surface area contributed by atoms with Crippen molar-refractivity contribution in [2.75, 3.05) is 49.5 Å². The van der Waals surface area contributed by atoms with Crippen molar-refractivity contribution in [3.63, 3.8) is 0 Å². The first-order chi connectivity index (χ1) is 15.5. The summed E-state index contributed by atoms with van der Waals surface area (Å²) in [6, 6.07) is 10.5. The maximum absolute atomic E-state index is 12.5.